The van der Waals surface area contributed by atoms with Crippen molar-refractivity contribution in [2.75, 3.05) is 47.4 Å². The molecule has 12 fully saturated rings. The van der Waals surface area contributed by atoms with Crippen LogP contribution in [0.1, 0.15) is 158 Å². The fourth-order valence-electron chi connectivity index (χ4n) is 19.0. The Morgan fingerprint density at radius 3 is 1.17 bits per heavy atom. The number of carbonyl (C=O) groups is 4. The zero-order valence-electron chi connectivity index (χ0n) is 69.5. The highest BCUT2D eigenvalue weighted by Gasteiger charge is 2.49. The van der Waals surface area contributed by atoms with Gasteiger partial charge in [-0.1, -0.05) is 36.4 Å². The van der Waals surface area contributed by atoms with Crippen LogP contribution in [0, 0.1) is 78.0 Å². The van der Waals surface area contributed by atoms with Gasteiger partial charge in [0, 0.05) is 124 Å². The van der Waals surface area contributed by atoms with E-state index >= 15 is 0 Å². The molecule has 4 N–H and O–H groups in total. The Morgan fingerprint density at radius 2 is 0.746 bits per heavy atom. The second-order valence-corrected chi connectivity index (χ2v) is 33.8. The Labute approximate surface area is 707 Å². The Morgan fingerprint density at radius 1 is 0.361 bits per heavy atom. The van der Waals surface area contributed by atoms with Crippen LogP contribution in [0.3, 0.4) is 0 Å². The van der Waals surface area contributed by atoms with Gasteiger partial charge in [-0.25, -0.2) is 54.2 Å². The standard InChI is InChI=1S/C24H24FN5O.C24H26N6O.2C22H25N7O/c1-15-6-9-21(28-13-15)29-19-12-16-7-8-20(19)30(14-16)24(31)22-17(4-2-5-18(22)25)23-26-10-3-11-27-23;1-15-4-7-21(27-12-15)29-19-11-17-5-6-20(19)30(14-17)24(31)18-10-16(2)13-28-22(18)23-25-8-3-9-26-23;1-14-3-8-20(23-12-14)27-17-11-16-5-7-18(17)28(13-16)22(30)21-19(6-4-15(2)26-21)29-24-9-10-25-29;1-14-3-6-20(23-11-14)27-18-10-16-4-5-19(18)28(13-16)22(30)17-9-15(2)12-24-21(17)29-25-7-8-26-29/h2-6,9-11,13,16,19-20H,7-8,12,14H2,1H3,(H,28,29);3-4,7-10,12-13,17,19-20H,5-6,11,14H2,1-2H3,(H,27,29);3-4,6,8-10,12,16-18H,5,7,11,13H2,1-2H3,(H,23,27);3,6-9,11-12,16,18-19H,4-5,10,13H2,1-2H3,(H,23,27). The number of hydrogen-bond donors (Lipinski definition) is 4. The lowest BCUT2D eigenvalue weighted by Crippen LogP contribution is -2.60. The number of pyridine rings is 7. The molecule has 8 aliphatic heterocycles. The van der Waals surface area contributed by atoms with Crippen molar-refractivity contribution in [1.82, 2.24) is 104 Å². The van der Waals surface area contributed by atoms with E-state index in [0.29, 0.717) is 81.4 Å². The molecule has 12 atom stereocenters. The summed E-state index contributed by atoms with van der Waals surface area (Å²) < 4.78 is 14.9. The quantitative estimate of drug-likeness (QED) is 0.0698. The van der Waals surface area contributed by atoms with E-state index in [1.807, 2.05) is 147 Å². The molecule has 4 aliphatic carbocycles. The minimum Gasteiger partial charge on any atom is -0.365 e. The lowest BCUT2D eigenvalue weighted by atomic mass is 9.76. The van der Waals surface area contributed by atoms with E-state index in [4.69, 9.17) is 0 Å². The summed E-state index contributed by atoms with van der Waals surface area (Å²) in [5.74, 6) is 5.68. The van der Waals surface area contributed by atoms with Crippen LogP contribution in [0.25, 0.3) is 34.4 Å². The first-order valence-corrected chi connectivity index (χ1v) is 42.3. The normalized spacial score (nSPS) is 22.6. The van der Waals surface area contributed by atoms with Crippen LogP contribution in [0.4, 0.5) is 27.7 Å². The van der Waals surface area contributed by atoms with Gasteiger partial charge >= 0.3 is 0 Å². The SMILES string of the molecule is Cc1ccc(NC2CC3CCC2N(C(=O)c2c(F)cccc2-c2ncccn2)C3)nc1.Cc1ccc(NC2CC3CCC2N(C(=O)c2cc(C)cnc2-c2ncccn2)C3)nc1.Cc1ccc(NC2CC3CCC2N(C(=O)c2cc(C)cnc2-n2nccn2)C3)nc1.Cc1ccc(NC2CC3CCC2N(C(=O)c2nc(C)ccc2-n2nccn2)C3)nc1. The second-order valence-electron chi connectivity index (χ2n) is 33.8. The molecule has 122 heavy (non-hydrogen) atoms. The van der Waals surface area contributed by atoms with E-state index in [1.54, 1.807) is 86.2 Å². The average Bonchev–Trinajstić information content (AvgIpc) is 0.825. The zero-order valence-corrected chi connectivity index (χ0v) is 69.5. The van der Waals surface area contributed by atoms with Crippen molar-refractivity contribution in [3.05, 3.63) is 257 Å². The third kappa shape index (κ3) is 18.0. The first-order chi connectivity index (χ1) is 59.3. The number of carbonyl (C=O) groups excluding carboxylic acids is 4. The molecule has 12 aromatic rings. The Balaban J connectivity index is 0.000000116. The third-order valence-electron chi connectivity index (χ3n) is 24.9. The number of hydrogen-bond acceptors (Lipinski definition) is 23. The van der Waals surface area contributed by atoms with E-state index in [0.717, 1.165) is 159 Å². The molecule has 11 aromatic heterocycles. The average molecular weight is 1640 g/mol. The van der Waals surface area contributed by atoms with Crippen LogP contribution in [0.15, 0.2) is 190 Å². The monoisotopic (exact) mass is 1640 g/mol. The van der Waals surface area contributed by atoms with Crippen molar-refractivity contribution < 1.29 is 23.6 Å². The van der Waals surface area contributed by atoms with Gasteiger partial charge in [-0.3, -0.25) is 24.2 Å². The summed E-state index contributed by atoms with van der Waals surface area (Å²) in [4.78, 5) is 114. The molecule has 624 valence electrons. The highest BCUT2D eigenvalue weighted by atomic mass is 19.1. The van der Waals surface area contributed by atoms with Crippen LogP contribution in [-0.2, 0) is 0 Å². The molecule has 8 saturated heterocycles. The van der Waals surface area contributed by atoms with E-state index in [9.17, 15) is 23.6 Å². The van der Waals surface area contributed by atoms with Crippen molar-refractivity contribution in [2.24, 2.45) is 23.7 Å². The van der Waals surface area contributed by atoms with Gasteiger partial charge in [-0.05, 0) is 249 Å². The van der Waals surface area contributed by atoms with Gasteiger partial charge in [0.05, 0.1) is 65.6 Å². The number of halogens is 1. The number of amides is 4. The van der Waals surface area contributed by atoms with Crippen LogP contribution in [0.2, 0.25) is 0 Å². The molecule has 0 radical (unpaired) electrons. The lowest BCUT2D eigenvalue weighted by Gasteiger charge is -2.50. The molecule has 4 amide bonds. The number of fused-ring (bicyclic) bond motifs is 12. The number of piperidine rings is 8. The summed E-state index contributed by atoms with van der Waals surface area (Å²) in [6, 6.07) is 32.9. The van der Waals surface area contributed by atoms with E-state index in [2.05, 4.69) is 115 Å². The zero-order chi connectivity index (χ0) is 84.1. The van der Waals surface area contributed by atoms with Gasteiger partial charge in [0.2, 0.25) is 0 Å². The first-order valence-electron chi connectivity index (χ1n) is 42.3. The van der Waals surface area contributed by atoms with Crippen LogP contribution in [-0.4, -0.2) is 203 Å². The molecule has 12 aliphatic rings. The Bertz CT molecular complexity index is 5490. The molecular formula is C92H100FN25O4. The summed E-state index contributed by atoms with van der Waals surface area (Å²) in [5, 5.41) is 31.0. The van der Waals surface area contributed by atoms with Crippen LogP contribution >= 0.6 is 0 Å². The number of anilines is 4. The largest absolute Gasteiger partial charge is 0.365 e. The lowest BCUT2D eigenvalue weighted by molar-refractivity contribution is 0.0273. The number of aromatic nitrogens is 17. The topological polar surface area (TPSA) is 333 Å². The molecular weight excluding hydrogens is 1540 g/mol. The van der Waals surface area contributed by atoms with Gasteiger partial charge in [0.1, 0.15) is 40.5 Å². The van der Waals surface area contributed by atoms with Gasteiger partial charge in [0.15, 0.2) is 23.2 Å². The van der Waals surface area contributed by atoms with Gasteiger partial charge in [-0.2, -0.15) is 20.4 Å². The van der Waals surface area contributed by atoms with Crippen molar-refractivity contribution in [3.8, 4) is 34.4 Å². The number of nitrogens with zero attached hydrogens (tertiary/aromatic N) is 21. The highest BCUT2D eigenvalue weighted by molar-refractivity contribution is 6.02. The molecule has 19 heterocycles. The van der Waals surface area contributed by atoms with E-state index < -0.39 is 5.82 Å². The molecule has 30 heteroatoms. The Kier molecular flexibility index (Phi) is 23.9. The molecule has 24 rings (SSSR count). The molecule has 0 spiro atoms. The molecule has 29 nitrogen and oxygen atoms in total. The molecule has 8 bridgehead atoms. The van der Waals surface area contributed by atoms with Gasteiger partial charge in [0.25, 0.3) is 23.6 Å². The summed E-state index contributed by atoms with van der Waals surface area (Å²) in [5.41, 5.74) is 10.4. The van der Waals surface area contributed by atoms with Crippen molar-refractivity contribution in [3.63, 3.8) is 0 Å². The van der Waals surface area contributed by atoms with E-state index in [1.165, 1.54) is 15.7 Å². The fourth-order valence-corrected chi connectivity index (χ4v) is 19.0. The number of benzene rings is 1. The summed E-state index contributed by atoms with van der Waals surface area (Å²) >= 11 is 0. The summed E-state index contributed by atoms with van der Waals surface area (Å²) in [7, 11) is 0. The van der Waals surface area contributed by atoms with E-state index in [-0.39, 0.29) is 77.5 Å². The smallest absolute Gasteiger partial charge is 0.275 e. The molecule has 1 aromatic carbocycles. The van der Waals surface area contributed by atoms with Crippen molar-refractivity contribution in [1.29, 1.82) is 0 Å². The molecule has 12 unspecified atom stereocenters. The predicted octanol–water partition coefficient (Wildman–Crippen LogP) is 13.3. The predicted molar refractivity (Wildman–Crippen MR) is 459 cm³/mol. The maximum absolute atomic E-state index is 14.9. The number of aryl methyl sites for hydroxylation is 7. The maximum atomic E-state index is 14.9. The first kappa shape index (κ1) is 81.1. The van der Waals surface area contributed by atoms with Crippen LogP contribution < -0.4 is 21.3 Å². The summed E-state index contributed by atoms with van der Waals surface area (Å²) in [6.45, 7) is 16.9. The maximum Gasteiger partial charge on any atom is 0.275 e. The second kappa shape index (κ2) is 36.0. The van der Waals surface area contributed by atoms with Gasteiger partial charge < -0.3 is 40.9 Å². The minimum absolute atomic E-state index is 0.00318. The minimum atomic E-state index is -0.541. The highest BCUT2D eigenvalue weighted by Crippen LogP contribution is 2.43. The van der Waals surface area contributed by atoms with Crippen molar-refractivity contribution in [2.45, 2.75) is 174 Å². The number of rotatable bonds is 16. The fraction of sp³-hybridized carbons (Fsp3) is 0.380. The summed E-state index contributed by atoms with van der Waals surface area (Å²) in [6.07, 6.45) is 36.5. The third-order valence-corrected chi connectivity index (χ3v) is 24.9. The molecule has 4 saturated carbocycles. The number of nitrogens with one attached hydrogen (secondary N) is 4. The van der Waals surface area contributed by atoms with Gasteiger partial charge in [-0.15, -0.1) is 9.59 Å². The van der Waals surface area contributed by atoms with Crippen LogP contribution in [0.5, 0.6) is 0 Å². The Hall–Kier alpha value is -13.3. The van der Waals surface area contributed by atoms with Crippen molar-refractivity contribution >= 4 is 46.9 Å².